The number of pyridine rings is 1. The zero-order valence-electron chi connectivity index (χ0n) is 28.1. The summed E-state index contributed by atoms with van der Waals surface area (Å²) in [5.41, 5.74) is 12.2. The number of halogens is 1. The summed E-state index contributed by atoms with van der Waals surface area (Å²) >= 11 is 6.63. The van der Waals surface area contributed by atoms with Gasteiger partial charge >= 0.3 is 12.1 Å². The number of allylic oxidation sites excluding steroid dienone is 1. The normalized spacial score (nSPS) is 18.0. The molecule has 2 aromatic heterocycles. The highest BCUT2D eigenvalue weighted by atomic mass is 35.5. The number of nitriles is 1. The first-order valence-corrected chi connectivity index (χ1v) is 17.4. The van der Waals surface area contributed by atoms with Crippen LogP contribution in [0.25, 0.3) is 11.6 Å². The monoisotopic (exact) mass is 689 g/mol. The molecule has 1 aliphatic carbocycles. The smallest absolute Gasteiger partial charge is 0.324 e. The Hall–Kier alpha value is -5.18. The van der Waals surface area contributed by atoms with Crippen molar-refractivity contribution in [3.05, 3.63) is 112 Å². The first-order chi connectivity index (χ1) is 24.3. The van der Waals surface area contributed by atoms with Gasteiger partial charge in [0.05, 0.1) is 23.4 Å². The number of amides is 4. The van der Waals surface area contributed by atoms with E-state index in [1.807, 2.05) is 59.6 Å². The van der Waals surface area contributed by atoms with Crippen molar-refractivity contribution in [3.8, 4) is 6.07 Å². The van der Waals surface area contributed by atoms with Gasteiger partial charge in [0.25, 0.3) is 0 Å². The largest absolute Gasteiger partial charge is 0.351 e. The Morgan fingerprint density at radius 2 is 1.74 bits per heavy atom. The van der Waals surface area contributed by atoms with Crippen molar-refractivity contribution in [3.63, 3.8) is 0 Å². The molecular formula is C38H40ClN9O2. The molecule has 50 heavy (non-hydrogen) atoms. The quantitative estimate of drug-likeness (QED) is 0.273. The summed E-state index contributed by atoms with van der Waals surface area (Å²) < 4.78 is 2.14. The fraction of sp³-hybridized carbons (Fsp3) is 0.342. The van der Waals surface area contributed by atoms with Crippen LogP contribution in [-0.2, 0) is 6.54 Å². The first kappa shape index (κ1) is 33.3. The predicted molar refractivity (Wildman–Crippen MR) is 193 cm³/mol. The molecule has 2 aliphatic heterocycles. The SMILES string of the molecule is Cc1nccn1CC1=Cc2cccnc2C(N2CCN(C(=O)N(CC3CCN(C(N)=O)CC3)c3ccc(C#N)cc3)CC2)c2ccc(Cl)cc21. The fourth-order valence-corrected chi connectivity index (χ4v) is 7.61. The third kappa shape index (κ3) is 6.82. The fourth-order valence-electron chi connectivity index (χ4n) is 7.44. The minimum atomic E-state index is -0.404. The van der Waals surface area contributed by atoms with E-state index in [0.29, 0.717) is 62.9 Å². The van der Waals surface area contributed by atoms with E-state index in [9.17, 15) is 14.9 Å². The van der Waals surface area contributed by atoms with E-state index in [2.05, 4.69) is 44.8 Å². The molecule has 0 radical (unpaired) electrons. The molecule has 7 rings (SSSR count). The number of carbonyl (C=O) groups is 2. The zero-order chi connectivity index (χ0) is 34.8. The Bertz CT molecular complexity index is 1950. The van der Waals surface area contributed by atoms with Gasteiger partial charge in [-0.1, -0.05) is 23.7 Å². The third-order valence-corrected chi connectivity index (χ3v) is 10.5. The van der Waals surface area contributed by atoms with Gasteiger partial charge in [0.2, 0.25) is 0 Å². The molecule has 2 fully saturated rings. The number of piperidine rings is 1. The van der Waals surface area contributed by atoms with Gasteiger partial charge in [0.1, 0.15) is 5.82 Å². The van der Waals surface area contributed by atoms with E-state index in [4.69, 9.17) is 22.3 Å². The number of benzene rings is 2. The van der Waals surface area contributed by atoms with Crippen LogP contribution in [-0.4, -0.2) is 87.1 Å². The number of nitrogens with two attached hydrogens (primary N) is 1. The van der Waals surface area contributed by atoms with Crippen LogP contribution in [0.2, 0.25) is 5.02 Å². The van der Waals surface area contributed by atoms with Crippen LogP contribution < -0.4 is 10.6 Å². The molecule has 1 unspecified atom stereocenters. The van der Waals surface area contributed by atoms with Gasteiger partial charge in [0, 0.05) is 81.7 Å². The molecule has 2 saturated heterocycles. The second-order valence-corrected chi connectivity index (χ2v) is 13.7. The van der Waals surface area contributed by atoms with Gasteiger partial charge < -0.3 is 20.1 Å². The lowest BCUT2D eigenvalue weighted by Gasteiger charge is -2.42. The number of fused-ring (bicyclic) bond motifs is 2. The Balaban J connectivity index is 1.13. The summed E-state index contributed by atoms with van der Waals surface area (Å²) in [4.78, 5) is 43.3. The Morgan fingerprint density at radius 1 is 0.980 bits per heavy atom. The van der Waals surface area contributed by atoms with Crippen LogP contribution in [0.1, 0.15) is 52.7 Å². The first-order valence-electron chi connectivity index (χ1n) is 17.1. The van der Waals surface area contributed by atoms with Crippen molar-refractivity contribution >= 4 is 41.0 Å². The maximum Gasteiger partial charge on any atom is 0.324 e. The molecule has 2 N–H and O–H groups in total. The number of anilines is 1. The van der Waals surface area contributed by atoms with Crippen LogP contribution in [0, 0.1) is 24.2 Å². The van der Waals surface area contributed by atoms with Crippen molar-refractivity contribution in [2.45, 2.75) is 32.4 Å². The predicted octanol–water partition coefficient (Wildman–Crippen LogP) is 5.79. The summed E-state index contributed by atoms with van der Waals surface area (Å²) in [6.45, 7) is 6.73. The number of carbonyl (C=O) groups excluding carboxylic acids is 2. The van der Waals surface area contributed by atoms with Crippen molar-refractivity contribution in [2.24, 2.45) is 11.7 Å². The highest BCUT2D eigenvalue weighted by Crippen LogP contribution is 2.41. The molecule has 256 valence electrons. The van der Waals surface area contributed by atoms with Crippen LogP contribution in [0.15, 0.2) is 73.2 Å². The zero-order valence-corrected chi connectivity index (χ0v) is 28.8. The minimum absolute atomic E-state index is 0.0575. The van der Waals surface area contributed by atoms with Crippen LogP contribution in [0.5, 0.6) is 0 Å². The Morgan fingerprint density at radius 3 is 2.42 bits per heavy atom. The summed E-state index contributed by atoms with van der Waals surface area (Å²) in [5.74, 6) is 1.16. The van der Waals surface area contributed by atoms with Crippen LogP contribution in [0.3, 0.4) is 0 Å². The van der Waals surface area contributed by atoms with Gasteiger partial charge in [-0.25, -0.2) is 14.6 Å². The van der Waals surface area contributed by atoms with E-state index >= 15 is 0 Å². The molecule has 0 spiro atoms. The van der Waals surface area contributed by atoms with Crippen molar-refractivity contribution in [2.75, 3.05) is 50.7 Å². The number of imidazole rings is 1. The molecule has 2 aromatic carbocycles. The second-order valence-electron chi connectivity index (χ2n) is 13.2. The molecule has 0 saturated carbocycles. The average molecular weight is 690 g/mol. The molecule has 4 heterocycles. The van der Waals surface area contributed by atoms with E-state index < -0.39 is 6.03 Å². The van der Waals surface area contributed by atoms with E-state index in [1.54, 1.807) is 17.0 Å². The molecule has 3 aliphatic rings. The molecule has 11 nitrogen and oxygen atoms in total. The van der Waals surface area contributed by atoms with Crippen LogP contribution >= 0.6 is 11.6 Å². The molecule has 0 bridgehead atoms. The maximum absolute atomic E-state index is 14.3. The lowest BCUT2D eigenvalue weighted by molar-refractivity contribution is 0.121. The van der Waals surface area contributed by atoms with Crippen molar-refractivity contribution < 1.29 is 9.59 Å². The van der Waals surface area contributed by atoms with Crippen LogP contribution in [0.4, 0.5) is 15.3 Å². The average Bonchev–Trinajstić information content (AvgIpc) is 3.49. The van der Waals surface area contributed by atoms with E-state index in [-0.39, 0.29) is 18.0 Å². The number of aryl methyl sites for hydroxylation is 1. The number of rotatable bonds is 6. The molecule has 1 atom stereocenters. The van der Waals surface area contributed by atoms with Crippen molar-refractivity contribution in [1.82, 2.24) is 29.2 Å². The highest BCUT2D eigenvalue weighted by Gasteiger charge is 2.35. The van der Waals surface area contributed by atoms with Gasteiger partial charge in [-0.3, -0.25) is 14.8 Å². The summed E-state index contributed by atoms with van der Waals surface area (Å²) in [7, 11) is 0. The maximum atomic E-state index is 14.3. The Labute approximate surface area is 297 Å². The summed E-state index contributed by atoms with van der Waals surface area (Å²) in [5, 5.41) is 10.1. The number of hydrogen-bond donors (Lipinski definition) is 1. The summed E-state index contributed by atoms with van der Waals surface area (Å²) in [6.07, 6.45) is 9.42. The number of likely N-dealkylation sites (tertiary alicyclic amines) is 1. The standard InChI is InChI=1S/C38H40ClN9O2/c1-26-42-13-16-47(26)25-30-21-29-3-2-12-43-35(29)36(33-9-6-31(39)22-34(30)33)44-17-19-46(20-18-44)38(50)48(32-7-4-27(23-40)5-8-32)24-28-10-14-45(15-11-28)37(41)49/h2-9,12-13,16,21-22,28,36H,10-11,14-15,17-20,24-25H2,1H3,(H2,41,49). The number of aromatic nitrogens is 3. The second kappa shape index (κ2) is 14.4. The Kier molecular flexibility index (Phi) is 9.57. The van der Waals surface area contributed by atoms with Gasteiger partial charge in [-0.15, -0.1) is 0 Å². The number of urea groups is 2. The minimum Gasteiger partial charge on any atom is -0.351 e. The van der Waals surface area contributed by atoms with Crippen molar-refractivity contribution in [1.29, 1.82) is 5.26 Å². The number of primary amides is 1. The lowest BCUT2D eigenvalue weighted by atomic mass is 9.93. The molecule has 4 amide bonds. The lowest BCUT2D eigenvalue weighted by Crippen LogP contribution is -2.55. The summed E-state index contributed by atoms with van der Waals surface area (Å²) in [6, 6.07) is 19.0. The number of piperazine rings is 1. The molecule has 4 aromatic rings. The van der Waals surface area contributed by atoms with E-state index in [1.165, 1.54) is 0 Å². The number of hydrogen-bond acceptors (Lipinski definition) is 6. The van der Waals surface area contributed by atoms with Gasteiger partial charge in [-0.05, 0) is 96.5 Å². The third-order valence-electron chi connectivity index (χ3n) is 10.2. The number of nitrogens with zero attached hydrogens (tertiary/aromatic N) is 8. The van der Waals surface area contributed by atoms with E-state index in [0.717, 1.165) is 52.3 Å². The highest BCUT2D eigenvalue weighted by molar-refractivity contribution is 6.30. The molecular weight excluding hydrogens is 650 g/mol. The van der Waals surface area contributed by atoms with Gasteiger partial charge in [0.15, 0.2) is 0 Å². The van der Waals surface area contributed by atoms with Gasteiger partial charge in [-0.2, -0.15) is 5.26 Å². The molecule has 12 heteroatoms. The topological polar surface area (TPSA) is 128 Å².